The highest BCUT2D eigenvalue weighted by Crippen LogP contribution is 2.24. The summed E-state index contributed by atoms with van der Waals surface area (Å²) in [5.74, 6) is 0. The second-order valence-electron chi connectivity index (χ2n) is 8.26. The number of fused-ring (bicyclic) bond motifs is 1. The van der Waals surface area contributed by atoms with Crippen LogP contribution in [0.4, 0.5) is 0 Å². The van der Waals surface area contributed by atoms with Crippen molar-refractivity contribution in [3.05, 3.63) is 28.8 Å². The number of nitrogens with zero attached hydrogens (tertiary/aromatic N) is 1. The van der Waals surface area contributed by atoms with E-state index in [9.17, 15) is 0 Å². The second kappa shape index (κ2) is 20.4. The zero-order valence-corrected chi connectivity index (χ0v) is 21.3. The predicted octanol–water partition coefficient (Wildman–Crippen LogP) is 10.4. The SMILES string of the molecule is CCCCCCCCC.CCCCCCCCC.Cc1ccc(C)c2scnc12. The second-order valence-corrected chi connectivity index (χ2v) is 9.12. The summed E-state index contributed by atoms with van der Waals surface area (Å²) >= 11 is 1.72. The Morgan fingerprint density at radius 1 is 0.586 bits per heavy atom. The van der Waals surface area contributed by atoms with Gasteiger partial charge in [-0.15, -0.1) is 11.3 Å². The van der Waals surface area contributed by atoms with E-state index in [1.807, 2.05) is 5.51 Å². The molecular weight excluding hydrogens is 370 g/mol. The van der Waals surface area contributed by atoms with Crippen LogP contribution in [0.25, 0.3) is 10.2 Å². The molecule has 2 aromatic rings. The first-order valence-electron chi connectivity index (χ1n) is 12.4. The molecule has 0 spiro atoms. The first-order valence-corrected chi connectivity index (χ1v) is 13.3. The van der Waals surface area contributed by atoms with Crippen molar-refractivity contribution in [3.8, 4) is 0 Å². The Balaban J connectivity index is 0.000000411. The average molecular weight is 420 g/mol. The first kappa shape index (κ1) is 28.1. The topological polar surface area (TPSA) is 12.9 Å². The summed E-state index contributed by atoms with van der Waals surface area (Å²) in [6.45, 7) is 13.3. The maximum absolute atomic E-state index is 4.30. The van der Waals surface area contributed by atoms with Crippen LogP contribution in [0.1, 0.15) is 129 Å². The molecule has 0 unspecified atom stereocenters. The van der Waals surface area contributed by atoms with Gasteiger partial charge in [-0.25, -0.2) is 4.98 Å². The minimum atomic E-state index is 1.16. The van der Waals surface area contributed by atoms with Crippen molar-refractivity contribution < 1.29 is 0 Å². The number of aryl methyl sites for hydroxylation is 2. The summed E-state index contributed by atoms with van der Waals surface area (Å²) in [4.78, 5) is 4.30. The third-order valence-corrected chi connectivity index (χ3v) is 6.26. The number of thiazole rings is 1. The fourth-order valence-electron chi connectivity index (χ4n) is 3.27. The molecule has 0 aliphatic rings. The average Bonchev–Trinajstić information content (AvgIpc) is 3.23. The number of rotatable bonds is 12. The maximum atomic E-state index is 4.30. The summed E-state index contributed by atoms with van der Waals surface area (Å²) in [7, 11) is 0. The molecule has 1 aromatic heterocycles. The zero-order chi connectivity index (χ0) is 21.7. The Morgan fingerprint density at radius 2 is 0.966 bits per heavy atom. The van der Waals surface area contributed by atoms with Gasteiger partial charge in [0.2, 0.25) is 0 Å². The van der Waals surface area contributed by atoms with Gasteiger partial charge in [-0.3, -0.25) is 0 Å². The minimum Gasteiger partial charge on any atom is -0.244 e. The van der Waals surface area contributed by atoms with Crippen LogP contribution in [0.2, 0.25) is 0 Å². The van der Waals surface area contributed by atoms with E-state index in [1.54, 1.807) is 11.3 Å². The standard InChI is InChI=1S/C9H9NS.2C9H20/c1-6-3-4-7(2)9-8(6)10-5-11-9;2*1-3-5-7-9-8-6-4-2/h3-5H,1-2H3;2*3-9H2,1-2H3. The monoisotopic (exact) mass is 419 g/mol. The lowest BCUT2D eigenvalue weighted by Gasteiger charge is -1.96. The molecule has 0 radical (unpaired) electrons. The van der Waals surface area contributed by atoms with Crippen LogP contribution in [-0.4, -0.2) is 4.98 Å². The Labute approximate surface area is 186 Å². The molecule has 0 aliphatic carbocycles. The highest BCUT2D eigenvalue weighted by molar-refractivity contribution is 7.17. The molecule has 1 heterocycles. The Morgan fingerprint density at radius 3 is 1.34 bits per heavy atom. The van der Waals surface area contributed by atoms with Gasteiger partial charge in [0.05, 0.1) is 15.7 Å². The van der Waals surface area contributed by atoms with E-state index in [-0.39, 0.29) is 0 Å². The molecule has 0 fully saturated rings. The van der Waals surface area contributed by atoms with Crippen molar-refractivity contribution in [1.82, 2.24) is 4.98 Å². The zero-order valence-electron chi connectivity index (χ0n) is 20.5. The molecule has 0 amide bonds. The number of hydrogen-bond acceptors (Lipinski definition) is 2. The molecule has 168 valence electrons. The van der Waals surface area contributed by atoms with Gasteiger partial charge in [0.15, 0.2) is 0 Å². The largest absolute Gasteiger partial charge is 0.244 e. The van der Waals surface area contributed by atoms with Crippen molar-refractivity contribution in [1.29, 1.82) is 0 Å². The Kier molecular flexibility index (Phi) is 19.8. The lowest BCUT2D eigenvalue weighted by atomic mass is 10.1. The molecular formula is C27H49NS. The summed E-state index contributed by atoms with van der Waals surface area (Å²) in [5, 5.41) is 0. The van der Waals surface area contributed by atoms with Crippen molar-refractivity contribution in [3.63, 3.8) is 0 Å². The lowest BCUT2D eigenvalue weighted by molar-refractivity contribution is 0.602. The van der Waals surface area contributed by atoms with Gasteiger partial charge in [0.25, 0.3) is 0 Å². The third-order valence-electron chi connectivity index (χ3n) is 5.30. The van der Waals surface area contributed by atoms with E-state index in [2.05, 4.69) is 58.7 Å². The Bertz CT molecular complexity index is 525. The van der Waals surface area contributed by atoms with E-state index >= 15 is 0 Å². The van der Waals surface area contributed by atoms with E-state index in [4.69, 9.17) is 0 Å². The molecule has 0 saturated heterocycles. The van der Waals surface area contributed by atoms with E-state index < -0.39 is 0 Å². The van der Waals surface area contributed by atoms with Gasteiger partial charge in [-0.05, 0) is 25.0 Å². The van der Waals surface area contributed by atoms with Crippen LogP contribution in [0, 0.1) is 13.8 Å². The van der Waals surface area contributed by atoms with Gasteiger partial charge in [0.1, 0.15) is 0 Å². The minimum absolute atomic E-state index is 1.16. The molecule has 0 N–H and O–H groups in total. The summed E-state index contributed by atoms with van der Waals surface area (Å²) in [5.41, 5.74) is 5.67. The fourth-order valence-corrected chi connectivity index (χ4v) is 4.11. The van der Waals surface area contributed by atoms with Crippen LogP contribution in [-0.2, 0) is 0 Å². The van der Waals surface area contributed by atoms with Crippen molar-refractivity contribution >= 4 is 21.6 Å². The molecule has 0 bridgehead atoms. The van der Waals surface area contributed by atoms with Crippen LogP contribution in [0.3, 0.4) is 0 Å². The fraction of sp³-hybridized carbons (Fsp3) is 0.741. The number of aromatic nitrogens is 1. The van der Waals surface area contributed by atoms with Gasteiger partial charge in [-0.1, -0.05) is 130 Å². The Hall–Kier alpha value is -0.890. The lowest BCUT2D eigenvalue weighted by Crippen LogP contribution is -1.77. The summed E-state index contributed by atoms with van der Waals surface area (Å²) < 4.78 is 1.32. The summed E-state index contributed by atoms with van der Waals surface area (Å²) in [6, 6.07) is 4.27. The predicted molar refractivity (Wildman–Crippen MR) is 136 cm³/mol. The number of hydrogen-bond donors (Lipinski definition) is 0. The molecule has 1 nitrogen and oxygen atoms in total. The molecule has 0 atom stereocenters. The molecule has 0 saturated carbocycles. The number of benzene rings is 1. The van der Waals surface area contributed by atoms with E-state index in [0.29, 0.717) is 0 Å². The van der Waals surface area contributed by atoms with Crippen LogP contribution in [0.5, 0.6) is 0 Å². The summed E-state index contributed by atoms with van der Waals surface area (Å²) in [6.07, 6.45) is 19.9. The van der Waals surface area contributed by atoms with Gasteiger partial charge in [-0.2, -0.15) is 0 Å². The van der Waals surface area contributed by atoms with E-state index in [1.165, 1.54) is 106 Å². The number of unbranched alkanes of at least 4 members (excludes halogenated alkanes) is 12. The molecule has 2 rings (SSSR count). The van der Waals surface area contributed by atoms with Crippen LogP contribution < -0.4 is 0 Å². The quantitative estimate of drug-likeness (QED) is 0.312. The molecule has 0 aliphatic heterocycles. The molecule has 2 heteroatoms. The van der Waals surface area contributed by atoms with Gasteiger partial charge < -0.3 is 0 Å². The first-order chi connectivity index (χ1) is 14.1. The van der Waals surface area contributed by atoms with Crippen LogP contribution in [0.15, 0.2) is 17.6 Å². The third kappa shape index (κ3) is 14.7. The van der Waals surface area contributed by atoms with E-state index in [0.717, 1.165) is 5.52 Å². The highest BCUT2D eigenvalue weighted by Gasteiger charge is 2.01. The smallest absolute Gasteiger partial charge is 0.0843 e. The maximum Gasteiger partial charge on any atom is 0.0843 e. The van der Waals surface area contributed by atoms with Gasteiger partial charge in [0, 0.05) is 0 Å². The van der Waals surface area contributed by atoms with Crippen molar-refractivity contribution in [2.75, 3.05) is 0 Å². The highest BCUT2D eigenvalue weighted by atomic mass is 32.1. The van der Waals surface area contributed by atoms with Crippen LogP contribution >= 0.6 is 11.3 Å². The van der Waals surface area contributed by atoms with Gasteiger partial charge >= 0.3 is 0 Å². The van der Waals surface area contributed by atoms with Crippen molar-refractivity contribution in [2.45, 2.75) is 131 Å². The molecule has 29 heavy (non-hydrogen) atoms. The molecule has 1 aromatic carbocycles. The normalized spacial score (nSPS) is 10.3. The van der Waals surface area contributed by atoms with Crippen molar-refractivity contribution in [2.24, 2.45) is 0 Å².